The highest BCUT2D eigenvalue weighted by Gasteiger charge is 2.17. The Morgan fingerprint density at radius 2 is 1.74 bits per heavy atom. The van der Waals surface area contributed by atoms with Crippen LogP contribution in [0, 0.1) is 5.92 Å². The van der Waals surface area contributed by atoms with E-state index in [4.69, 9.17) is 23.2 Å². The summed E-state index contributed by atoms with van der Waals surface area (Å²) >= 11 is 15.9. The maximum absolute atomic E-state index is 6.06. The average molecular weight is 364 g/mol. The molecule has 1 saturated carbocycles. The molecule has 0 aliphatic heterocycles. The Bertz CT molecular complexity index is 398. The van der Waals surface area contributed by atoms with Crippen molar-refractivity contribution in [2.24, 2.45) is 5.92 Å². The van der Waals surface area contributed by atoms with E-state index in [-0.39, 0.29) is 0 Å². The van der Waals surface area contributed by atoms with Crippen LogP contribution >= 0.6 is 39.1 Å². The number of hydrogen-bond acceptors (Lipinski definition) is 0. The Morgan fingerprint density at radius 3 is 2.37 bits per heavy atom. The Balaban J connectivity index is 1.85. The SMILES string of the molecule is Clc1ccc(CC(Br)CC2CCCCCC2)cc1Cl. The average Bonchev–Trinajstić information content (AvgIpc) is 2.62. The lowest BCUT2D eigenvalue weighted by Gasteiger charge is -2.18. The first-order valence-corrected chi connectivity index (χ1v) is 8.90. The second-order valence-electron chi connectivity index (χ2n) is 5.64. The number of rotatable bonds is 4. The predicted octanol–water partition coefficient (Wildman–Crippen LogP) is 6.66. The number of alkyl halides is 1. The van der Waals surface area contributed by atoms with Crippen LogP contribution in [0.5, 0.6) is 0 Å². The van der Waals surface area contributed by atoms with Crippen LogP contribution in [0.25, 0.3) is 0 Å². The molecule has 0 aromatic heterocycles. The summed E-state index contributed by atoms with van der Waals surface area (Å²) in [4.78, 5) is 0.549. The second-order valence-corrected chi connectivity index (χ2v) is 7.75. The fraction of sp³-hybridized carbons (Fsp3) is 0.625. The van der Waals surface area contributed by atoms with Gasteiger partial charge in [-0.05, 0) is 36.5 Å². The minimum atomic E-state index is 0.549. The van der Waals surface area contributed by atoms with Crippen molar-refractivity contribution in [1.29, 1.82) is 0 Å². The Morgan fingerprint density at radius 1 is 1.05 bits per heavy atom. The van der Waals surface area contributed by atoms with Crippen LogP contribution in [0.3, 0.4) is 0 Å². The van der Waals surface area contributed by atoms with Crippen LogP contribution in [0.2, 0.25) is 10.0 Å². The van der Waals surface area contributed by atoms with Gasteiger partial charge in [-0.15, -0.1) is 0 Å². The normalized spacial score (nSPS) is 19.1. The van der Waals surface area contributed by atoms with Gasteiger partial charge in [0, 0.05) is 4.83 Å². The molecule has 106 valence electrons. The van der Waals surface area contributed by atoms with E-state index in [0.29, 0.717) is 14.9 Å². The molecule has 2 rings (SSSR count). The Kier molecular flexibility index (Phi) is 6.52. The van der Waals surface area contributed by atoms with Crippen LogP contribution in [0.1, 0.15) is 50.5 Å². The molecule has 0 saturated heterocycles. The van der Waals surface area contributed by atoms with Crippen molar-refractivity contribution in [1.82, 2.24) is 0 Å². The van der Waals surface area contributed by atoms with Gasteiger partial charge in [0.1, 0.15) is 0 Å². The van der Waals surface area contributed by atoms with Crippen molar-refractivity contribution in [3.05, 3.63) is 33.8 Å². The maximum atomic E-state index is 6.06. The van der Waals surface area contributed by atoms with E-state index in [2.05, 4.69) is 22.0 Å². The third-order valence-corrected chi connectivity index (χ3v) is 5.44. The zero-order valence-corrected chi connectivity index (χ0v) is 14.3. The van der Waals surface area contributed by atoms with Gasteiger partial charge >= 0.3 is 0 Å². The zero-order chi connectivity index (χ0) is 13.7. The number of hydrogen-bond donors (Lipinski definition) is 0. The monoisotopic (exact) mass is 362 g/mol. The smallest absolute Gasteiger partial charge is 0.0595 e. The van der Waals surface area contributed by atoms with E-state index in [1.165, 1.54) is 50.5 Å². The van der Waals surface area contributed by atoms with Gasteiger partial charge < -0.3 is 0 Å². The molecule has 1 aromatic carbocycles. The quantitative estimate of drug-likeness (QED) is 0.414. The topological polar surface area (TPSA) is 0 Å². The standard InChI is InChI=1S/C16H21BrCl2/c17-14(9-12-5-3-1-2-4-6-12)10-13-7-8-15(18)16(19)11-13/h7-8,11-12,14H,1-6,9-10H2. The van der Waals surface area contributed by atoms with E-state index in [9.17, 15) is 0 Å². The zero-order valence-electron chi connectivity index (χ0n) is 11.2. The van der Waals surface area contributed by atoms with Crippen molar-refractivity contribution < 1.29 is 0 Å². The molecule has 1 fully saturated rings. The predicted molar refractivity (Wildman–Crippen MR) is 88.7 cm³/mol. The van der Waals surface area contributed by atoms with Gasteiger partial charge in [-0.25, -0.2) is 0 Å². The van der Waals surface area contributed by atoms with Crippen LogP contribution in [0.15, 0.2) is 18.2 Å². The summed E-state index contributed by atoms with van der Waals surface area (Å²) in [7, 11) is 0. The summed E-state index contributed by atoms with van der Waals surface area (Å²) in [6, 6.07) is 5.96. The summed E-state index contributed by atoms with van der Waals surface area (Å²) in [5, 5.41) is 1.30. The minimum absolute atomic E-state index is 0.549. The van der Waals surface area contributed by atoms with Crippen molar-refractivity contribution >= 4 is 39.1 Å². The highest BCUT2D eigenvalue weighted by Crippen LogP contribution is 2.30. The first kappa shape index (κ1) is 15.7. The van der Waals surface area contributed by atoms with E-state index in [0.717, 1.165) is 12.3 Å². The van der Waals surface area contributed by atoms with E-state index in [1.54, 1.807) is 0 Å². The molecule has 0 nitrogen and oxygen atoms in total. The van der Waals surface area contributed by atoms with Crippen molar-refractivity contribution in [3.63, 3.8) is 0 Å². The van der Waals surface area contributed by atoms with E-state index >= 15 is 0 Å². The van der Waals surface area contributed by atoms with Crippen LogP contribution in [0.4, 0.5) is 0 Å². The third kappa shape index (κ3) is 5.28. The molecule has 1 aromatic rings. The van der Waals surface area contributed by atoms with Gasteiger partial charge in [-0.1, -0.05) is 83.7 Å². The molecule has 1 aliphatic rings. The van der Waals surface area contributed by atoms with Crippen molar-refractivity contribution in [3.8, 4) is 0 Å². The number of halogens is 3. The highest BCUT2D eigenvalue weighted by atomic mass is 79.9. The Hall–Kier alpha value is 0.280. The largest absolute Gasteiger partial charge is 0.0887 e. The van der Waals surface area contributed by atoms with Gasteiger partial charge in [-0.3, -0.25) is 0 Å². The van der Waals surface area contributed by atoms with E-state index < -0.39 is 0 Å². The summed E-state index contributed by atoms with van der Waals surface area (Å²) in [6.45, 7) is 0. The van der Waals surface area contributed by atoms with Crippen LogP contribution in [-0.2, 0) is 6.42 Å². The molecule has 0 heterocycles. The molecular weight excluding hydrogens is 343 g/mol. The summed E-state index contributed by atoms with van der Waals surface area (Å²) in [6.07, 6.45) is 10.8. The second kappa shape index (κ2) is 7.90. The molecule has 1 unspecified atom stereocenters. The molecule has 0 amide bonds. The molecule has 3 heteroatoms. The van der Waals surface area contributed by atoms with Crippen LogP contribution < -0.4 is 0 Å². The molecule has 0 spiro atoms. The first-order valence-electron chi connectivity index (χ1n) is 7.23. The van der Waals surface area contributed by atoms with Crippen LogP contribution in [-0.4, -0.2) is 4.83 Å². The summed E-state index contributed by atoms with van der Waals surface area (Å²) < 4.78 is 0. The lowest BCUT2D eigenvalue weighted by atomic mass is 9.93. The fourth-order valence-electron chi connectivity index (χ4n) is 2.97. The first-order chi connectivity index (χ1) is 9.15. The van der Waals surface area contributed by atoms with E-state index in [1.807, 2.05) is 12.1 Å². The molecular formula is C16H21BrCl2. The molecule has 1 aliphatic carbocycles. The van der Waals surface area contributed by atoms with Crippen molar-refractivity contribution in [2.45, 2.75) is 56.2 Å². The summed E-state index contributed by atoms with van der Waals surface area (Å²) in [5.74, 6) is 0.898. The van der Waals surface area contributed by atoms with Gasteiger partial charge in [0.25, 0.3) is 0 Å². The number of benzene rings is 1. The highest BCUT2D eigenvalue weighted by molar-refractivity contribution is 9.09. The summed E-state index contributed by atoms with van der Waals surface area (Å²) in [5.41, 5.74) is 1.27. The third-order valence-electron chi connectivity index (χ3n) is 4.01. The van der Waals surface area contributed by atoms with Gasteiger partial charge in [0.05, 0.1) is 10.0 Å². The Labute approximate surface area is 135 Å². The van der Waals surface area contributed by atoms with Gasteiger partial charge in [0.15, 0.2) is 0 Å². The molecule has 0 radical (unpaired) electrons. The lowest BCUT2D eigenvalue weighted by molar-refractivity contribution is 0.423. The molecule has 1 atom stereocenters. The lowest BCUT2D eigenvalue weighted by Crippen LogP contribution is -2.10. The fourth-order valence-corrected chi connectivity index (χ4v) is 4.19. The molecule has 0 N–H and O–H groups in total. The molecule has 19 heavy (non-hydrogen) atoms. The van der Waals surface area contributed by atoms with Gasteiger partial charge in [-0.2, -0.15) is 0 Å². The molecule has 0 bridgehead atoms. The van der Waals surface area contributed by atoms with Gasteiger partial charge in [0.2, 0.25) is 0 Å². The maximum Gasteiger partial charge on any atom is 0.0595 e. The minimum Gasteiger partial charge on any atom is -0.0887 e. The van der Waals surface area contributed by atoms with Crippen molar-refractivity contribution in [2.75, 3.05) is 0 Å².